The molecule has 1 aromatic carbocycles. The molecular formula is C12H15BrO2. The first-order valence-electron chi connectivity index (χ1n) is 4.94. The van der Waals surface area contributed by atoms with Gasteiger partial charge in [-0.15, -0.1) is 0 Å². The largest absolute Gasteiger partial charge is 0.494 e. The van der Waals surface area contributed by atoms with Crippen LogP contribution in [0.2, 0.25) is 0 Å². The van der Waals surface area contributed by atoms with Gasteiger partial charge < -0.3 is 4.74 Å². The highest BCUT2D eigenvalue weighted by Gasteiger charge is 2.17. The number of alkyl halides is 1. The number of ketones is 1. The fraction of sp³-hybridized carbons (Fsp3) is 0.417. The summed E-state index contributed by atoms with van der Waals surface area (Å²) < 4.78 is 5.48. The zero-order valence-electron chi connectivity index (χ0n) is 9.21. The summed E-state index contributed by atoms with van der Waals surface area (Å²) in [6.45, 7) is 6.10. The maximum absolute atomic E-state index is 11.3. The lowest BCUT2D eigenvalue weighted by Crippen LogP contribution is -2.05. The minimum absolute atomic E-state index is 0.0848. The van der Waals surface area contributed by atoms with Crippen LogP contribution in [-0.2, 0) is 4.79 Å². The number of Topliss-reactive ketones (excluding diaryl/α,β-unsaturated/α-hetero) is 1. The Morgan fingerprint density at radius 3 is 2.73 bits per heavy atom. The smallest absolute Gasteiger partial charge is 0.147 e. The predicted octanol–water partition coefficient (Wildman–Crippen LogP) is 3.42. The molecule has 0 saturated heterocycles. The van der Waals surface area contributed by atoms with Gasteiger partial charge in [-0.3, -0.25) is 4.79 Å². The fourth-order valence-electron chi connectivity index (χ4n) is 1.37. The van der Waals surface area contributed by atoms with Crippen LogP contribution in [-0.4, -0.2) is 12.4 Å². The monoisotopic (exact) mass is 270 g/mol. The molecule has 1 unspecified atom stereocenters. The summed E-state index contributed by atoms with van der Waals surface area (Å²) >= 11 is 3.38. The van der Waals surface area contributed by atoms with E-state index >= 15 is 0 Å². The lowest BCUT2D eigenvalue weighted by Gasteiger charge is -2.13. The van der Waals surface area contributed by atoms with Crippen LogP contribution in [0.1, 0.15) is 29.8 Å². The van der Waals surface area contributed by atoms with Crippen LogP contribution < -0.4 is 4.74 Å². The van der Waals surface area contributed by atoms with E-state index in [1.54, 1.807) is 6.92 Å². The van der Waals surface area contributed by atoms with Gasteiger partial charge in [-0.1, -0.05) is 33.6 Å². The van der Waals surface area contributed by atoms with Gasteiger partial charge in [0, 0.05) is 5.56 Å². The Balaban J connectivity index is 3.11. The van der Waals surface area contributed by atoms with Gasteiger partial charge in [0.25, 0.3) is 0 Å². The molecule has 2 nitrogen and oxygen atoms in total. The first-order chi connectivity index (χ1) is 7.06. The molecule has 0 amide bonds. The van der Waals surface area contributed by atoms with Crippen molar-refractivity contribution in [2.45, 2.75) is 25.6 Å². The third kappa shape index (κ3) is 3.06. The molecule has 1 atom stereocenters. The van der Waals surface area contributed by atoms with Crippen molar-refractivity contribution in [3.05, 3.63) is 29.3 Å². The molecule has 0 aliphatic rings. The van der Waals surface area contributed by atoms with Crippen molar-refractivity contribution in [3.63, 3.8) is 0 Å². The zero-order chi connectivity index (χ0) is 11.4. The topological polar surface area (TPSA) is 26.3 Å². The number of carbonyl (C=O) groups excluding carboxylic acids is 1. The summed E-state index contributed by atoms with van der Waals surface area (Å²) in [6.07, 6.45) is 0. The Morgan fingerprint density at radius 1 is 1.53 bits per heavy atom. The van der Waals surface area contributed by atoms with Crippen LogP contribution >= 0.6 is 15.9 Å². The second kappa shape index (κ2) is 5.31. The molecular weight excluding hydrogens is 256 g/mol. The Bertz CT molecular complexity index is 361. The van der Waals surface area contributed by atoms with Crippen molar-refractivity contribution in [3.8, 4) is 5.75 Å². The number of rotatable bonds is 4. The summed E-state index contributed by atoms with van der Waals surface area (Å²) in [6, 6.07) is 5.87. The Morgan fingerprint density at radius 2 is 2.20 bits per heavy atom. The molecule has 0 aliphatic carbocycles. The lowest BCUT2D eigenvalue weighted by atomic mass is 10.1. The Hall–Kier alpha value is -0.830. The van der Waals surface area contributed by atoms with Crippen LogP contribution in [0.25, 0.3) is 0 Å². The fourth-order valence-corrected chi connectivity index (χ4v) is 1.73. The number of halogens is 1. The van der Waals surface area contributed by atoms with Gasteiger partial charge in [0.1, 0.15) is 16.4 Å². The first-order valence-corrected chi connectivity index (χ1v) is 5.85. The van der Waals surface area contributed by atoms with Gasteiger partial charge in [-0.2, -0.15) is 0 Å². The maximum Gasteiger partial charge on any atom is 0.147 e. The van der Waals surface area contributed by atoms with Gasteiger partial charge in [0.05, 0.1) is 6.61 Å². The quantitative estimate of drug-likeness (QED) is 0.784. The molecule has 1 rings (SSSR count). The van der Waals surface area contributed by atoms with E-state index < -0.39 is 0 Å². The molecule has 0 aromatic heterocycles. The van der Waals surface area contributed by atoms with Crippen LogP contribution in [0.5, 0.6) is 5.75 Å². The molecule has 1 aromatic rings. The molecule has 0 radical (unpaired) electrons. The molecule has 3 heteroatoms. The molecule has 0 N–H and O–H groups in total. The molecule has 0 heterocycles. The van der Waals surface area contributed by atoms with Crippen LogP contribution in [0, 0.1) is 6.92 Å². The average molecular weight is 271 g/mol. The van der Waals surface area contributed by atoms with Gasteiger partial charge in [-0.25, -0.2) is 0 Å². The summed E-state index contributed by atoms with van der Waals surface area (Å²) in [4.78, 5) is 11.0. The highest BCUT2D eigenvalue weighted by molar-refractivity contribution is 9.09. The van der Waals surface area contributed by atoms with E-state index in [1.807, 2.05) is 32.0 Å². The van der Waals surface area contributed by atoms with E-state index in [0.717, 1.165) is 16.9 Å². The normalized spacial score (nSPS) is 12.3. The van der Waals surface area contributed by atoms with Crippen molar-refractivity contribution >= 4 is 21.7 Å². The number of carbonyl (C=O) groups is 1. The highest BCUT2D eigenvalue weighted by atomic mass is 79.9. The number of ether oxygens (including phenoxy) is 1. The Labute approximate surface area is 98.8 Å². The molecule has 0 aliphatic heterocycles. The van der Waals surface area contributed by atoms with Crippen LogP contribution in [0.4, 0.5) is 0 Å². The molecule has 0 bridgehead atoms. The Kier molecular flexibility index (Phi) is 4.33. The summed E-state index contributed by atoms with van der Waals surface area (Å²) in [5, 5.41) is 0. The van der Waals surface area contributed by atoms with E-state index in [-0.39, 0.29) is 10.6 Å². The SMILES string of the molecule is CCOc1ccc(C)cc1C(Br)C(C)=O. The second-order valence-corrected chi connectivity index (χ2v) is 4.36. The van der Waals surface area contributed by atoms with Crippen LogP contribution in [0.3, 0.4) is 0 Å². The van der Waals surface area contributed by atoms with Crippen molar-refractivity contribution in [1.29, 1.82) is 0 Å². The molecule has 0 spiro atoms. The van der Waals surface area contributed by atoms with E-state index in [9.17, 15) is 4.79 Å². The molecule has 0 fully saturated rings. The van der Waals surface area contributed by atoms with Crippen molar-refractivity contribution in [1.82, 2.24) is 0 Å². The van der Waals surface area contributed by atoms with Crippen molar-refractivity contribution in [2.75, 3.05) is 6.61 Å². The minimum atomic E-state index is -0.279. The lowest BCUT2D eigenvalue weighted by molar-refractivity contribution is -0.116. The van der Waals surface area contributed by atoms with E-state index in [4.69, 9.17) is 4.74 Å². The number of hydrogen-bond acceptors (Lipinski definition) is 2. The van der Waals surface area contributed by atoms with E-state index in [1.165, 1.54) is 0 Å². The second-order valence-electron chi connectivity index (χ2n) is 3.45. The first kappa shape index (κ1) is 12.2. The van der Waals surface area contributed by atoms with Gasteiger partial charge in [-0.05, 0) is 26.8 Å². The number of benzene rings is 1. The highest BCUT2D eigenvalue weighted by Crippen LogP contribution is 2.32. The third-order valence-electron chi connectivity index (χ3n) is 2.10. The predicted molar refractivity (Wildman–Crippen MR) is 64.7 cm³/mol. The zero-order valence-corrected chi connectivity index (χ0v) is 10.8. The van der Waals surface area contributed by atoms with E-state index in [0.29, 0.717) is 6.61 Å². The van der Waals surface area contributed by atoms with E-state index in [2.05, 4.69) is 15.9 Å². The third-order valence-corrected chi connectivity index (χ3v) is 3.23. The summed E-state index contributed by atoms with van der Waals surface area (Å²) in [5.41, 5.74) is 2.03. The average Bonchev–Trinajstić information content (AvgIpc) is 2.20. The van der Waals surface area contributed by atoms with Crippen LogP contribution in [0.15, 0.2) is 18.2 Å². The molecule has 0 saturated carbocycles. The maximum atomic E-state index is 11.3. The molecule has 15 heavy (non-hydrogen) atoms. The number of hydrogen-bond donors (Lipinski definition) is 0. The summed E-state index contributed by atoms with van der Waals surface area (Å²) in [5.74, 6) is 0.863. The minimum Gasteiger partial charge on any atom is -0.494 e. The van der Waals surface area contributed by atoms with Crippen molar-refractivity contribution in [2.24, 2.45) is 0 Å². The van der Waals surface area contributed by atoms with Gasteiger partial charge in [0.2, 0.25) is 0 Å². The van der Waals surface area contributed by atoms with Gasteiger partial charge >= 0.3 is 0 Å². The van der Waals surface area contributed by atoms with Gasteiger partial charge in [0.15, 0.2) is 0 Å². The number of aryl methyl sites for hydroxylation is 1. The summed E-state index contributed by atoms with van der Waals surface area (Å²) in [7, 11) is 0. The molecule has 82 valence electrons. The van der Waals surface area contributed by atoms with Crippen molar-refractivity contribution < 1.29 is 9.53 Å². The standard InChI is InChI=1S/C12H15BrO2/c1-4-15-11-6-5-8(2)7-10(11)12(13)9(3)14/h5-7,12H,4H2,1-3H3.